The van der Waals surface area contributed by atoms with Crippen molar-refractivity contribution in [2.45, 2.75) is 72.1 Å². The van der Waals surface area contributed by atoms with Gasteiger partial charge < -0.3 is 4.90 Å². The smallest absolute Gasteiger partial charge is 0.329 e. The molecule has 3 atom stereocenters. The van der Waals surface area contributed by atoms with Crippen LogP contribution in [-0.2, 0) is 0 Å². The molecule has 3 heteroatoms. The van der Waals surface area contributed by atoms with Gasteiger partial charge in [0.05, 0.1) is 18.2 Å². The van der Waals surface area contributed by atoms with Gasteiger partial charge in [0.25, 0.3) is 0 Å². The van der Waals surface area contributed by atoms with E-state index in [2.05, 4.69) is 51.6 Å². The van der Waals surface area contributed by atoms with Crippen molar-refractivity contribution in [2.24, 2.45) is 0 Å². The molecule has 0 spiro atoms. The lowest BCUT2D eigenvalue weighted by Crippen LogP contribution is -2.82. The maximum atomic E-state index is 4.32. The largest absolute Gasteiger partial charge is 0.339 e. The summed E-state index contributed by atoms with van der Waals surface area (Å²) < 4.78 is 1.20. The summed E-state index contributed by atoms with van der Waals surface area (Å²) in [5.41, 5.74) is 1.50. The molecule has 2 saturated heterocycles. The van der Waals surface area contributed by atoms with Crippen LogP contribution in [0.2, 0.25) is 0 Å². The molecule has 0 radical (unpaired) electrons. The van der Waals surface area contributed by atoms with Gasteiger partial charge >= 0.3 is 6.71 Å². The van der Waals surface area contributed by atoms with Crippen LogP contribution in [0.25, 0.3) is 0 Å². The van der Waals surface area contributed by atoms with Crippen LogP contribution < -0.4 is 0 Å². The van der Waals surface area contributed by atoms with Crippen LogP contribution >= 0.6 is 0 Å². The zero-order valence-corrected chi connectivity index (χ0v) is 11.6. The molecule has 3 aliphatic heterocycles. The molecule has 3 heterocycles. The summed E-state index contributed by atoms with van der Waals surface area (Å²) >= 11 is 0. The Morgan fingerprint density at radius 2 is 2.06 bits per heavy atom. The normalized spacial score (nSPS) is 36.9. The second kappa shape index (κ2) is 4.16. The molecular formula is C15H28BN2+. The molecule has 2 nitrogen and oxygen atoms in total. The number of quaternary nitrogens is 1. The van der Waals surface area contributed by atoms with E-state index in [0.29, 0.717) is 18.1 Å². The lowest BCUT2D eigenvalue weighted by atomic mass is 9.32. The number of allylic oxidation sites excluding steroid dienone is 1. The van der Waals surface area contributed by atoms with Crippen LogP contribution in [0.4, 0.5) is 0 Å². The summed E-state index contributed by atoms with van der Waals surface area (Å²) in [7, 11) is 0. The van der Waals surface area contributed by atoms with Gasteiger partial charge in [-0.15, -0.1) is 6.58 Å². The summed E-state index contributed by atoms with van der Waals surface area (Å²) in [6.45, 7) is 14.4. The first kappa shape index (κ1) is 13.7. The van der Waals surface area contributed by atoms with Crippen LogP contribution in [0.5, 0.6) is 0 Å². The van der Waals surface area contributed by atoms with Crippen LogP contribution in [-0.4, -0.2) is 40.2 Å². The molecule has 0 aromatic carbocycles. The number of hydrogen-bond acceptors (Lipinski definition) is 1. The molecular weight excluding hydrogens is 219 g/mol. The molecule has 3 aliphatic rings. The predicted molar refractivity (Wildman–Crippen MR) is 79.9 cm³/mol. The minimum atomic E-state index is 0. The second-order valence-corrected chi connectivity index (χ2v) is 6.53. The fourth-order valence-corrected chi connectivity index (χ4v) is 4.47. The van der Waals surface area contributed by atoms with Crippen LogP contribution in [0.1, 0.15) is 48.0 Å². The minimum Gasteiger partial charge on any atom is -0.329 e. The molecule has 0 N–H and O–H groups in total. The van der Waals surface area contributed by atoms with E-state index in [9.17, 15) is 0 Å². The number of fused-ring (bicyclic) bond motifs is 4. The lowest BCUT2D eigenvalue weighted by Gasteiger charge is -2.60. The Labute approximate surface area is 113 Å². The number of nitrogens with zero attached hydrogens (tertiary/aromatic N) is 2. The lowest BCUT2D eigenvalue weighted by molar-refractivity contribution is -0.949. The Morgan fingerprint density at radius 3 is 2.61 bits per heavy atom. The zero-order valence-electron chi connectivity index (χ0n) is 11.6. The summed E-state index contributed by atoms with van der Waals surface area (Å²) in [6, 6.07) is 1.94. The average Bonchev–Trinajstić information content (AvgIpc) is 2.69. The van der Waals surface area contributed by atoms with Gasteiger partial charge in [-0.25, -0.2) is 0 Å². The summed E-state index contributed by atoms with van der Waals surface area (Å²) in [5.74, 6) is 0.812. The maximum absolute atomic E-state index is 4.32. The Balaban J connectivity index is 0.00000120. The highest BCUT2D eigenvalue weighted by atomic mass is 15.6. The molecule has 3 unspecified atom stereocenters. The highest BCUT2D eigenvalue weighted by molar-refractivity contribution is 6.72. The van der Waals surface area contributed by atoms with Gasteiger partial charge in [-0.05, 0) is 40.5 Å². The molecule has 0 bridgehead atoms. The summed E-state index contributed by atoms with van der Waals surface area (Å²) in [5, 5.41) is 0. The van der Waals surface area contributed by atoms with Gasteiger partial charge in [0.15, 0.2) is 0 Å². The third-order valence-electron chi connectivity index (χ3n) is 5.29. The molecule has 0 aliphatic carbocycles. The van der Waals surface area contributed by atoms with E-state index < -0.39 is 0 Å². The second-order valence-electron chi connectivity index (χ2n) is 6.53. The molecule has 100 valence electrons. The van der Waals surface area contributed by atoms with Gasteiger partial charge in [-0.1, -0.05) is 12.9 Å². The third kappa shape index (κ3) is 1.34. The highest BCUT2D eigenvalue weighted by Crippen LogP contribution is 2.52. The first-order chi connectivity index (χ1) is 8.00. The minimum absolute atomic E-state index is 0. The first-order valence-corrected chi connectivity index (χ1v) is 7.02. The van der Waals surface area contributed by atoms with E-state index in [1.807, 2.05) is 0 Å². The van der Waals surface area contributed by atoms with Crippen molar-refractivity contribution in [3.63, 3.8) is 0 Å². The van der Waals surface area contributed by atoms with Crippen molar-refractivity contribution in [2.75, 3.05) is 0 Å². The van der Waals surface area contributed by atoms with E-state index in [0.717, 1.165) is 12.7 Å². The topological polar surface area (TPSA) is 3.24 Å². The summed E-state index contributed by atoms with van der Waals surface area (Å²) in [4.78, 5) is 2.57. The van der Waals surface area contributed by atoms with Crippen molar-refractivity contribution in [1.82, 2.24) is 4.90 Å². The van der Waals surface area contributed by atoms with Crippen molar-refractivity contribution >= 4 is 6.71 Å². The average molecular weight is 247 g/mol. The third-order valence-corrected chi connectivity index (χ3v) is 5.29. The fraction of sp³-hybridized carbons (Fsp3) is 0.733. The number of hydrogen-bond donors (Lipinski definition) is 0. The Hall–Kier alpha value is -0.695. The van der Waals surface area contributed by atoms with E-state index in [1.165, 1.54) is 22.8 Å². The van der Waals surface area contributed by atoms with Crippen LogP contribution in [0.3, 0.4) is 0 Å². The molecule has 0 amide bonds. The molecule has 2 fully saturated rings. The van der Waals surface area contributed by atoms with Gasteiger partial charge in [0.1, 0.15) is 12.3 Å². The monoisotopic (exact) mass is 247 g/mol. The van der Waals surface area contributed by atoms with E-state index >= 15 is 0 Å². The Morgan fingerprint density at radius 1 is 1.39 bits per heavy atom. The molecule has 0 saturated carbocycles. The fourth-order valence-electron chi connectivity index (χ4n) is 4.47. The van der Waals surface area contributed by atoms with Crippen molar-refractivity contribution in [3.05, 3.63) is 24.5 Å². The van der Waals surface area contributed by atoms with E-state index in [1.54, 1.807) is 0 Å². The Bertz CT molecular complexity index is 388. The van der Waals surface area contributed by atoms with Crippen molar-refractivity contribution < 1.29 is 4.48 Å². The SMILES string of the molecule is C.C=C1CCC2B1C1N(C(C)C)C=C[N+]21C(C)C. The van der Waals surface area contributed by atoms with E-state index in [4.69, 9.17) is 0 Å². The van der Waals surface area contributed by atoms with Crippen molar-refractivity contribution in [3.8, 4) is 0 Å². The predicted octanol–water partition coefficient (Wildman–Crippen LogP) is 3.21. The standard InChI is InChI=1S/C14H24BN2.CH4/c1-10(2)16-8-9-17(11(3)4)13-7-6-12(5)15(13)14(16)17;/h8-11,13-14H,5-7H2,1-4H3;1H4/q+1;. The van der Waals surface area contributed by atoms with Gasteiger partial charge in [-0.3, -0.25) is 4.48 Å². The quantitative estimate of drug-likeness (QED) is 0.535. The van der Waals surface area contributed by atoms with Gasteiger partial charge in [0, 0.05) is 6.04 Å². The maximum Gasteiger partial charge on any atom is 0.339 e. The van der Waals surface area contributed by atoms with Gasteiger partial charge in [0.2, 0.25) is 0 Å². The number of rotatable bonds is 2. The molecule has 0 aromatic rings. The highest BCUT2D eigenvalue weighted by Gasteiger charge is 2.72. The van der Waals surface area contributed by atoms with Gasteiger partial charge in [-0.2, -0.15) is 0 Å². The summed E-state index contributed by atoms with van der Waals surface area (Å²) in [6.07, 6.45) is 7.41. The molecule has 0 aromatic heterocycles. The molecule has 18 heavy (non-hydrogen) atoms. The van der Waals surface area contributed by atoms with Crippen LogP contribution in [0.15, 0.2) is 24.5 Å². The zero-order chi connectivity index (χ0) is 12.4. The van der Waals surface area contributed by atoms with E-state index in [-0.39, 0.29) is 7.43 Å². The van der Waals surface area contributed by atoms with Crippen LogP contribution in [0, 0.1) is 0 Å². The molecule has 3 rings (SSSR count). The van der Waals surface area contributed by atoms with Crippen molar-refractivity contribution in [1.29, 1.82) is 0 Å². The Kier molecular flexibility index (Phi) is 3.17. The first-order valence-electron chi connectivity index (χ1n) is 7.02.